The van der Waals surface area contributed by atoms with Crippen molar-refractivity contribution in [2.45, 2.75) is 18.4 Å². The topological polar surface area (TPSA) is 103 Å². The molecule has 0 spiro atoms. The van der Waals surface area contributed by atoms with Crippen LogP contribution < -0.4 is 15.8 Å². The zero-order valence-electron chi connectivity index (χ0n) is 11.1. The van der Waals surface area contributed by atoms with E-state index in [1.807, 2.05) is 17.9 Å². The lowest BCUT2D eigenvalue weighted by molar-refractivity contribution is 0.503. The normalized spacial score (nSPS) is 11.5. The number of primary sulfonamides is 1. The molecule has 0 saturated heterocycles. The third-order valence-electron chi connectivity index (χ3n) is 2.92. The Hall–Kier alpha value is -1.99. The molecule has 6 nitrogen and oxygen atoms in total. The first-order valence-electron chi connectivity index (χ1n) is 6.11. The van der Waals surface area contributed by atoms with Gasteiger partial charge in [-0.2, -0.15) is 0 Å². The van der Waals surface area contributed by atoms with E-state index in [2.05, 4.69) is 0 Å². The molecule has 0 aliphatic rings. The fraction of sp³-hybridized carbons (Fsp3) is 0.231. The molecule has 0 aliphatic carbocycles. The predicted molar refractivity (Wildman–Crippen MR) is 77.7 cm³/mol. The summed E-state index contributed by atoms with van der Waals surface area (Å²) in [5.74, 6) is 0.784. The molecule has 0 saturated carbocycles. The van der Waals surface area contributed by atoms with E-state index in [0.29, 0.717) is 24.5 Å². The van der Waals surface area contributed by atoms with E-state index >= 15 is 0 Å². The molecule has 0 unspecified atom stereocenters. The van der Waals surface area contributed by atoms with Gasteiger partial charge >= 0.3 is 0 Å². The molecule has 2 rings (SSSR count). The van der Waals surface area contributed by atoms with Crippen LogP contribution in [0, 0.1) is 0 Å². The standard InChI is InChI=1S/C13H17N3O3S/c1-2-16(9-12-4-3-5-19-12)11-6-10(14)7-13(8-11)20(15,17)18/h3-8H,2,9,14H2,1H3,(H2,15,17,18). The van der Waals surface area contributed by atoms with E-state index in [0.717, 1.165) is 5.76 Å². The second kappa shape index (κ2) is 5.56. The number of nitrogens with zero attached hydrogens (tertiary/aromatic N) is 1. The molecule has 108 valence electrons. The van der Waals surface area contributed by atoms with Gasteiger partial charge in [-0.15, -0.1) is 0 Å². The van der Waals surface area contributed by atoms with E-state index in [1.165, 1.54) is 12.1 Å². The van der Waals surface area contributed by atoms with Crippen molar-refractivity contribution in [2.75, 3.05) is 17.2 Å². The number of nitrogen functional groups attached to an aromatic ring is 1. The summed E-state index contributed by atoms with van der Waals surface area (Å²) in [5.41, 5.74) is 6.79. The smallest absolute Gasteiger partial charge is 0.238 e. The van der Waals surface area contributed by atoms with Gasteiger partial charge in [0.25, 0.3) is 0 Å². The third kappa shape index (κ3) is 3.31. The molecule has 0 amide bonds. The highest BCUT2D eigenvalue weighted by atomic mass is 32.2. The maximum atomic E-state index is 11.5. The number of furan rings is 1. The summed E-state index contributed by atoms with van der Waals surface area (Å²) < 4.78 is 28.2. The van der Waals surface area contributed by atoms with Crippen molar-refractivity contribution in [3.63, 3.8) is 0 Å². The highest BCUT2D eigenvalue weighted by Crippen LogP contribution is 2.24. The van der Waals surface area contributed by atoms with Gasteiger partial charge in [0.05, 0.1) is 17.7 Å². The van der Waals surface area contributed by atoms with Crippen molar-refractivity contribution < 1.29 is 12.8 Å². The summed E-state index contributed by atoms with van der Waals surface area (Å²) in [5, 5.41) is 5.15. The van der Waals surface area contributed by atoms with E-state index < -0.39 is 10.0 Å². The Balaban J connectivity index is 2.37. The van der Waals surface area contributed by atoms with E-state index in [1.54, 1.807) is 18.4 Å². The fourth-order valence-corrected chi connectivity index (χ4v) is 2.51. The summed E-state index contributed by atoms with van der Waals surface area (Å²) in [6.45, 7) is 3.16. The van der Waals surface area contributed by atoms with Crippen LogP contribution in [-0.4, -0.2) is 15.0 Å². The van der Waals surface area contributed by atoms with Gasteiger partial charge in [-0.25, -0.2) is 13.6 Å². The Kier molecular flexibility index (Phi) is 4.01. The van der Waals surface area contributed by atoms with E-state index in [4.69, 9.17) is 15.3 Å². The van der Waals surface area contributed by atoms with Gasteiger partial charge in [-0.1, -0.05) is 0 Å². The van der Waals surface area contributed by atoms with Crippen molar-refractivity contribution in [1.29, 1.82) is 0 Å². The van der Waals surface area contributed by atoms with E-state index in [9.17, 15) is 8.42 Å². The SMILES string of the molecule is CCN(Cc1ccco1)c1cc(N)cc(S(N)(=O)=O)c1. The van der Waals surface area contributed by atoms with Gasteiger partial charge in [-0.05, 0) is 37.3 Å². The molecule has 20 heavy (non-hydrogen) atoms. The first-order chi connectivity index (χ1) is 9.40. The van der Waals surface area contributed by atoms with Gasteiger partial charge in [-0.3, -0.25) is 0 Å². The molecular formula is C13H17N3O3S. The minimum Gasteiger partial charge on any atom is -0.467 e. The lowest BCUT2D eigenvalue weighted by Gasteiger charge is -2.22. The highest BCUT2D eigenvalue weighted by Gasteiger charge is 2.14. The summed E-state index contributed by atoms with van der Waals surface area (Å²) in [7, 11) is -3.78. The van der Waals surface area contributed by atoms with Crippen LogP contribution in [0.4, 0.5) is 11.4 Å². The average Bonchev–Trinajstić information content (AvgIpc) is 2.87. The first-order valence-corrected chi connectivity index (χ1v) is 7.65. The number of anilines is 2. The molecule has 0 bridgehead atoms. The predicted octanol–water partition coefficient (Wildman–Crippen LogP) is 1.54. The van der Waals surface area contributed by atoms with Crippen LogP contribution >= 0.6 is 0 Å². The molecule has 1 aromatic carbocycles. The van der Waals surface area contributed by atoms with Crippen LogP contribution in [0.5, 0.6) is 0 Å². The summed E-state index contributed by atoms with van der Waals surface area (Å²) >= 11 is 0. The monoisotopic (exact) mass is 295 g/mol. The molecule has 1 aromatic heterocycles. The highest BCUT2D eigenvalue weighted by molar-refractivity contribution is 7.89. The quantitative estimate of drug-likeness (QED) is 0.814. The van der Waals surface area contributed by atoms with E-state index in [-0.39, 0.29) is 4.90 Å². The van der Waals surface area contributed by atoms with Gasteiger partial charge < -0.3 is 15.1 Å². The number of nitrogens with two attached hydrogens (primary N) is 2. The molecule has 7 heteroatoms. The van der Waals surface area contributed by atoms with Crippen LogP contribution in [-0.2, 0) is 16.6 Å². The molecule has 1 heterocycles. The lowest BCUT2D eigenvalue weighted by Crippen LogP contribution is -2.22. The van der Waals surface area contributed by atoms with Gasteiger partial charge in [0.1, 0.15) is 5.76 Å². The van der Waals surface area contributed by atoms with Gasteiger partial charge in [0, 0.05) is 17.9 Å². The Labute approximate surface area is 118 Å². The molecule has 0 atom stereocenters. The molecule has 4 N–H and O–H groups in total. The number of rotatable bonds is 5. The van der Waals surface area contributed by atoms with Gasteiger partial charge in [0.15, 0.2) is 0 Å². The van der Waals surface area contributed by atoms with Gasteiger partial charge in [0.2, 0.25) is 10.0 Å². The number of sulfonamides is 1. The molecular weight excluding hydrogens is 278 g/mol. The second-order valence-electron chi connectivity index (χ2n) is 4.40. The van der Waals surface area contributed by atoms with Crippen molar-refractivity contribution >= 4 is 21.4 Å². The number of hydrogen-bond donors (Lipinski definition) is 2. The Bertz CT molecular complexity index is 681. The van der Waals surface area contributed by atoms with Crippen LogP contribution in [0.1, 0.15) is 12.7 Å². The Morgan fingerprint density at radius 3 is 2.60 bits per heavy atom. The molecule has 0 radical (unpaired) electrons. The van der Waals surface area contributed by atoms with Crippen LogP contribution in [0.3, 0.4) is 0 Å². The zero-order valence-corrected chi connectivity index (χ0v) is 11.9. The molecule has 0 aliphatic heterocycles. The van der Waals surface area contributed by atoms with Crippen molar-refractivity contribution in [3.8, 4) is 0 Å². The Morgan fingerprint density at radius 1 is 1.30 bits per heavy atom. The fourth-order valence-electron chi connectivity index (χ4n) is 1.93. The number of benzene rings is 1. The van der Waals surface area contributed by atoms with Crippen LogP contribution in [0.2, 0.25) is 0 Å². The second-order valence-corrected chi connectivity index (χ2v) is 5.96. The van der Waals surface area contributed by atoms with Crippen molar-refractivity contribution in [1.82, 2.24) is 0 Å². The summed E-state index contributed by atoms with van der Waals surface area (Å²) in [6, 6.07) is 8.23. The zero-order chi connectivity index (χ0) is 14.8. The number of hydrogen-bond acceptors (Lipinski definition) is 5. The maximum Gasteiger partial charge on any atom is 0.238 e. The summed E-state index contributed by atoms with van der Waals surface area (Å²) in [4.78, 5) is 1.95. The summed E-state index contributed by atoms with van der Waals surface area (Å²) in [6.07, 6.45) is 1.60. The largest absolute Gasteiger partial charge is 0.467 e. The first kappa shape index (κ1) is 14.4. The Morgan fingerprint density at radius 2 is 2.05 bits per heavy atom. The minimum absolute atomic E-state index is 0.00500. The maximum absolute atomic E-state index is 11.5. The molecule has 2 aromatic rings. The van der Waals surface area contributed by atoms with Crippen molar-refractivity contribution in [3.05, 3.63) is 42.4 Å². The third-order valence-corrected chi connectivity index (χ3v) is 3.81. The van der Waals surface area contributed by atoms with Crippen molar-refractivity contribution in [2.24, 2.45) is 5.14 Å². The molecule has 0 fully saturated rings. The van der Waals surface area contributed by atoms with Crippen LogP contribution in [0.15, 0.2) is 45.9 Å². The average molecular weight is 295 g/mol. The van der Waals surface area contributed by atoms with Crippen LogP contribution in [0.25, 0.3) is 0 Å². The lowest BCUT2D eigenvalue weighted by atomic mass is 10.2. The minimum atomic E-state index is -3.78.